The number of carbonyl (C=O) groups excluding carboxylic acids is 2. The maximum atomic E-state index is 14.1. The van der Waals surface area contributed by atoms with Crippen LogP contribution in [0, 0.1) is 11.6 Å². The number of carbonyl (C=O) groups is 2. The van der Waals surface area contributed by atoms with Gasteiger partial charge in [-0.25, -0.2) is 8.78 Å². The van der Waals surface area contributed by atoms with Gasteiger partial charge in [-0.3, -0.25) is 14.5 Å². The third-order valence-electron chi connectivity index (χ3n) is 4.89. The lowest BCUT2D eigenvalue weighted by atomic mass is 10.0. The zero-order valence-corrected chi connectivity index (χ0v) is 15.0. The van der Waals surface area contributed by atoms with Crippen molar-refractivity contribution in [2.45, 2.75) is 6.54 Å². The quantitative estimate of drug-likeness (QED) is 0.761. The van der Waals surface area contributed by atoms with E-state index in [0.29, 0.717) is 31.9 Å². The molecule has 0 N–H and O–H groups in total. The molecule has 0 radical (unpaired) electrons. The molecule has 0 aliphatic carbocycles. The van der Waals surface area contributed by atoms with Gasteiger partial charge in [-0.1, -0.05) is 30.3 Å². The van der Waals surface area contributed by atoms with E-state index in [-0.39, 0.29) is 23.4 Å². The van der Waals surface area contributed by atoms with Crippen molar-refractivity contribution in [1.82, 2.24) is 9.80 Å². The molecule has 2 amide bonds. The summed E-state index contributed by atoms with van der Waals surface area (Å²) in [5.74, 6) is -1.90. The third kappa shape index (κ3) is 3.29. The van der Waals surface area contributed by atoms with Gasteiger partial charge in [-0.15, -0.1) is 0 Å². The topological polar surface area (TPSA) is 49.9 Å². The van der Waals surface area contributed by atoms with Crippen molar-refractivity contribution >= 4 is 17.4 Å². The lowest BCUT2D eigenvalue weighted by molar-refractivity contribution is -0.138. The molecule has 28 heavy (non-hydrogen) atoms. The third-order valence-corrected chi connectivity index (χ3v) is 4.89. The van der Waals surface area contributed by atoms with Crippen LogP contribution in [-0.2, 0) is 20.9 Å². The molecule has 4 rings (SSSR count). The molecule has 1 fully saturated rings. The van der Waals surface area contributed by atoms with Crippen LogP contribution in [0.1, 0.15) is 11.1 Å². The van der Waals surface area contributed by atoms with E-state index in [1.54, 1.807) is 18.2 Å². The predicted octanol–water partition coefficient (Wildman–Crippen LogP) is 2.58. The van der Waals surface area contributed by atoms with E-state index in [1.807, 2.05) is 4.90 Å². The molecule has 0 bridgehead atoms. The number of hydrogen-bond acceptors (Lipinski definition) is 4. The predicted molar refractivity (Wildman–Crippen MR) is 97.7 cm³/mol. The summed E-state index contributed by atoms with van der Waals surface area (Å²) >= 11 is 0. The average molecular weight is 384 g/mol. The fourth-order valence-electron chi connectivity index (χ4n) is 3.46. The smallest absolute Gasteiger partial charge is 0.278 e. The molecular formula is C21H18F2N2O3. The molecular weight excluding hydrogens is 366 g/mol. The monoisotopic (exact) mass is 384 g/mol. The maximum Gasteiger partial charge on any atom is 0.278 e. The van der Waals surface area contributed by atoms with E-state index >= 15 is 0 Å². The summed E-state index contributed by atoms with van der Waals surface area (Å²) in [6, 6.07) is 11.5. The molecule has 0 aromatic heterocycles. The minimum atomic E-state index is -0.513. The first-order valence-electron chi connectivity index (χ1n) is 8.99. The van der Waals surface area contributed by atoms with Crippen LogP contribution >= 0.6 is 0 Å². The molecule has 5 nitrogen and oxygen atoms in total. The highest BCUT2D eigenvalue weighted by molar-refractivity contribution is 6.35. The van der Waals surface area contributed by atoms with Crippen molar-refractivity contribution in [3.63, 3.8) is 0 Å². The van der Waals surface area contributed by atoms with Crippen LogP contribution < -0.4 is 0 Å². The first kappa shape index (κ1) is 18.3. The lowest BCUT2D eigenvalue weighted by Crippen LogP contribution is -2.40. The number of halogens is 2. The summed E-state index contributed by atoms with van der Waals surface area (Å²) in [5.41, 5.74) is 1.18. The summed E-state index contributed by atoms with van der Waals surface area (Å²) in [6.07, 6.45) is 0. The Hall–Kier alpha value is -3.06. The van der Waals surface area contributed by atoms with E-state index in [4.69, 9.17) is 4.74 Å². The molecule has 1 saturated heterocycles. The molecule has 2 heterocycles. The van der Waals surface area contributed by atoms with Crippen LogP contribution in [0.4, 0.5) is 8.78 Å². The molecule has 0 unspecified atom stereocenters. The van der Waals surface area contributed by atoms with Crippen LogP contribution in [0.2, 0.25) is 0 Å². The van der Waals surface area contributed by atoms with E-state index < -0.39 is 23.4 Å². The molecule has 144 valence electrons. The first-order chi connectivity index (χ1) is 13.6. The summed E-state index contributed by atoms with van der Waals surface area (Å²) < 4.78 is 32.8. The number of amides is 2. The molecule has 0 spiro atoms. The summed E-state index contributed by atoms with van der Waals surface area (Å²) in [4.78, 5) is 29.1. The highest BCUT2D eigenvalue weighted by Gasteiger charge is 2.42. The SMILES string of the molecule is O=C1C(c2ccc(F)cc2)=C(N2CCOCC2)C(=O)N1Cc1ccccc1F. The van der Waals surface area contributed by atoms with E-state index in [2.05, 4.69) is 0 Å². The normalized spacial score (nSPS) is 17.6. The highest BCUT2D eigenvalue weighted by atomic mass is 19.1. The van der Waals surface area contributed by atoms with Crippen LogP contribution in [0.15, 0.2) is 54.2 Å². The van der Waals surface area contributed by atoms with Gasteiger partial charge in [0.25, 0.3) is 11.8 Å². The number of rotatable bonds is 4. The van der Waals surface area contributed by atoms with Crippen molar-refractivity contribution in [2.24, 2.45) is 0 Å². The lowest BCUT2D eigenvalue weighted by Gasteiger charge is -2.29. The zero-order chi connectivity index (χ0) is 19.7. The number of ether oxygens (including phenoxy) is 1. The Morgan fingerprint density at radius 2 is 1.57 bits per heavy atom. The van der Waals surface area contributed by atoms with Crippen molar-refractivity contribution in [1.29, 1.82) is 0 Å². The average Bonchev–Trinajstić information content (AvgIpc) is 2.95. The Balaban J connectivity index is 1.74. The van der Waals surface area contributed by atoms with Gasteiger partial charge in [0.05, 0.1) is 25.3 Å². The summed E-state index contributed by atoms with van der Waals surface area (Å²) in [6.45, 7) is 1.64. The fraction of sp³-hybridized carbons (Fsp3) is 0.238. The van der Waals surface area contributed by atoms with Gasteiger partial charge in [-0.05, 0) is 23.8 Å². The molecule has 2 aliphatic heterocycles. The summed E-state index contributed by atoms with van der Waals surface area (Å²) in [5, 5.41) is 0. The van der Waals surface area contributed by atoms with E-state index in [9.17, 15) is 18.4 Å². The van der Waals surface area contributed by atoms with Crippen LogP contribution in [0.25, 0.3) is 5.57 Å². The Morgan fingerprint density at radius 3 is 2.25 bits per heavy atom. The Labute approximate surface area is 160 Å². The van der Waals surface area contributed by atoms with Gasteiger partial charge in [-0.2, -0.15) is 0 Å². The fourth-order valence-corrected chi connectivity index (χ4v) is 3.46. The molecule has 2 aromatic rings. The van der Waals surface area contributed by atoms with Gasteiger partial charge < -0.3 is 9.64 Å². The number of imide groups is 1. The Morgan fingerprint density at radius 1 is 0.893 bits per heavy atom. The molecule has 2 aromatic carbocycles. The molecule has 7 heteroatoms. The zero-order valence-electron chi connectivity index (χ0n) is 15.0. The standard InChI is InChI=1S/C21H18F2N2O3/c22-16-7-5-14(6-8-16)18-19(24-9-11-28-12-10-24)21(27)25(20(18)26)13-15-3-1-2-4-17(15)23/h1-8H,9-13H2. The van der Waals surface area contributed by atoms with Crippen molar-refractivity contribution in [3.05, 3.63) is 77.0 Å². The Bertz CT molecular complexity index is 950. The number of benzene rings is 2. The number of nitrogens with zero attached hydrogens (tertiary/aromatic N) is 2. The second kappa shape index (κ2) is 7.52. The number of hydrogen-bond donors (Lipinski definition) is 0. The van der Waals surface area contributed by atoms with Crippen LogP contribution in [0.5, 0.6) is 0 Å². The first-order valence-corrected chi connectivity index (χ1v) is 8.99. The van der Waals surface area contributed by atoms with Crippen molar-refractivity contribution in [2.75, 3.05) is 26.3 Å². The van der Waals surface area contributed by atoms with Gasteiger partial charge in [0.2, 0.25) is 0 Å². The second-order valence-electron chi connectivity index (χ2n) is 6.62. The molecule has 2 aliphatic rings. The van der Waals surface area contributed by atoms with Crippen LogP contribution in [0.3, 0.4) is 0 Å². The van der Waals surface area contributed by atoms with Gasteiger partial charge >= 0.3 is 0 Å². The maximum absolute atomic E-state index is 14.1. The van der Waals surface area contributed by atoms with Gasteiger partial charge in [0.15, 0.2) is 0 Å². The molecule has 0 atom stereocenters. The second-order valence-corrected chi connectivity index (χ2v) is 6.62. The van der Waals surface area contributed by atoms with Gasteiger partial charge in [0.1, 0.15) is 17.3 Å². The minimum Gasteiger partial charge on any atom is -0.378 e. The number of morpholine rings is 1. The minimum absolute atomic E-state index is 0.164. The Kier molecular flexibility index (Phi) is 4.92. The van der Waals surface area contributed by atoms with Gasteiger partial charge in [0, 0.05) is 18.7 Å². The van der Waals surface area contributed by atoms with E-state index in [1.165, 1.54) is 30.3 Å². The van der Waals surface area contributed by atoms with Crippen molar-refractivity contribution < 1.29 is 23.1 Å². The van der Waals surface area contributed by atoms with E-state index in [0.717, 1.165) is 4.90 Å². The largest absolute Gasteiger partial charge is 0.378 e. The molecule has 0 saturated carbocycles. The van der Waals surface area contributed by atoms with Crippen LogP contribution in [-0.4, -0.2) is 47.9 Å². The van der Waals surface area contributed by atoms with Crippen molar-refractivity contribution in [3.8, 4) is 0 Å². The summed E-state index contributed by atoms with van der Waals surface area (Å²) in [7, 11) is 0. The highest BCUT2D eigenvalue weighted by Crippen LogP contribution is 2.33.